The fourth-order valence-electron chi connectivity index (χ4n) is 3.89. The van der Waals surface area contributed by atoms with Gasteiger partial charge in [0.05, 0.1) is 10.9 Å². The molecular weight excluding hydrogens is 448 g/mol. The zero-order chi connectivity index (χ0) is 25.1. The van der Waals surface area contributed by atoms with Crippen molar-refractivity contribution in [1.82, 2.24) is 19.4 Å². The molecule has 1 atom stereocenters. The first-order chi connectivity index (χ1) is 15.8. The summed E-state index contributed by atoms with van der Waals surface area (Å²) >= 11 is 0. The van der Waals surface area contributed by atoms with E-state index in [1.807, 2.05) is 44.5 Å². The Hall–Kier alpha value is -2.57. The molecule has 34 heavy (non-hydrogen) atoms. The molecule has 0 spiro atoms. The van der Waals surface area contributed by atoms with E-state index in [0.29, 0.717) is 31.2 Å². The molecule has 3 rings (SSSR count). The van der Waals surface area contributed by atoms with Gasteiger partial charge in [-0.05, 0) is 58.6 Å². The second kappa shape index (κ2) is 9.96. The van der Waals surface area contributed by atoms with E-state index in [9.17, 15) is 4.79 Å². The van der Waals surface area contributed by atoms with Crippen molar-refractivity contribution in [2.75, 3.05) is 19.8 Å². The molecule has 186 valence electrons. The average Bonchev–Trinajstić information content (AvgIpc) is 3.31. The number of carbonyl (C=O) groups excluding carboxylic acids is 1. The quantitative estimate of drug-likeness (QED) is 0.300. The van der Waals surface area contributed by atoms with Gasteiger partial charge in [0.15, 0.2) is 0 Å². The van der Waals surface area contributed by atoms with Crippen molar-refractivity contribution in [3.8, 4) is 18.4 Å². The lowest BCUT2D eigenvalue weighted by Crippen LogP contribution is -2.50. The molecule has 1 aliphatic heterocycles. The molecule has 0 aliphatic carbocycles. The normalized spacial score (nSPS) is 18.8. The highest BCUT2D eigenvalue weighted by molar-refractivity contribution is 6.76. The summed E-state index contributed by atoms with van der Waals surface area (Å²) in [5, 5.41) is 0.783. The molecule has 0 aromatic carbocycles. The summed E-state index contributed by atoms with van der Waals surface area (Å²) in [6, 6.07) is 3.19. The molecule has 3 heterocycles. The lowest BCUT2D eigenvalue weighted by atomic mass is 10.0. The molecule has 1 aliphatic rings. The van der Waals surface area contributed by atoms with Gasteiger partial charge in [-0.3, -0.25) is 4.90 Å². The minimum absolute atomic E-state index is 0.194. The van der Waals surface area contributed by atoms with Crippen molar-refractivity contribution in [3.05, 3.63) is 18.0 Å². The summed E-state index contributed by atoms with van der Waals surface area (Å²) in [6.45, 7) is 16.5. The molecule has 1 saturated heterocycles. The zero-order valence-corrected chi connectivity index (χ0v) is 22.6. The highest BCUT2D eigenvalue weighted by Crippen LogP contribution is 2.31. The summed E-state index contributed by atoms with van der Waals surface area (Å²) in [5.41, 5.74) is 0.0756. The Morgan fingerprint density at radius 1 is 1.29 bits per heavy atom. The van der Waals surface area contributed by atoms with E-state index < -0.39 is 19.2 Å². The van der Waals surface area contributed by atoms with E-state index in [1.165, 1.54) is 0 Å². The third-order valence-electron chi connectivity index (χ3n) is 5.84. The smallest absolute Gasteiger partial charge is 0.410 e. The van der Waals surface area contributed by atoms with Crippen LogP contribution < -0.4 is 4.74 Å². The molecule has 0 bridgehead atoms. The Morgan fingerprint density at radius 2 is 2.03 bits per heavy atom. The van der Waals surface area contributed by atoms with Crippen molar-refractivity contribution in [1.29, 1.82) is 0 Å². The number of fused-ring (bicyclic) bond motifs is 1. The van der Waals surface area contributed by atoms with Crippen LogP contribution in [0.4, 0.5) is 4.79 Å². The number of terminal acetylenes is 1. The summed E-state index contributed by atoms with van der Waals surface area (Å²) in [5.74, 6) is 2.64. The Morgan fingerprint density at radius 3 is 2.68 bits per heavy atom. The lowest BCUT2D eigenvalue weighted by molar-refractivity contribution is 0.00166. The molecule has 0 radical (unpaired) electrons. The predicted molar refractivity (Wildman–Crippen MR) is 136 cm³/mol. The first-order valence-electron chi connectivity index (χ1n) is 11.9. The van der Waals surface area contributed by atoms with E-state index >= 15 is 0 Å². The molecule has 2 aromatic rings. The van der Waals surface area contributed by atoms with Crippen LogP contribution in [0.5, 0.6) is 6.01 Å². The van der Waals surface area contributed by atoms with Crippen LogP contribution in [-0.2, 0) is 16.2 Å². The standard InChI is InChI=1S/C25H38N4O4Si/c1-9-20-19-11-14-28(18-31-15-16-34(6,7)8)21(19)27-22(26-20)32-17-25(5)12-10-13-29(25)23(30)33-24(2,3)4/h1,11,14H,10,12-13,15-18H2,2-8H3/t25-/m0/s1. The van der Waals surface area contributed by atoms with Gasteiger partial charge >= 0.3 is 12.1 Å². The topological polar surface area (TPSA) is 78.7 Å². The number of ether oxygens (including phenoxy) is 3. The summed E-state index contributed by atoms with van der Waals surface area (Å²) in [7, 11) is -1.16. The molecule has 0 unspecified atom stereocenters. The fraction of sp³-hybridized carbons (Fsp3) is 0.640. The maximum atomic E-state index is 12.7. The van der Waals surface area contributed by atoms with E-state index in [-0.39, 0.29) is 18.7 Å². The van der Waals surface area contributed by atoms with E-state index in [2.05, 4.69) is 35.5 Å². The van der Waals surface area contributed by atoms with Gasteiger partial charge in [-0.25, -0.2) is 4.79 Å². The summed E-state index contributed by atoms with van der Waals surface area (Å²) in [6.07, 6.45) is 8.98. The van der Waals surface area contributed by atoms with Crippen LogP contribution in [0.25, 0.3) is 11.0 Å². The van der Waals surface area contributed by atoms with Gasteiger partial charge in [-0.2, -0.15) is 9.97 Å². The number of carbonyl (C=O) groups is 1. The minimum Gasteiger partial charge on any atom is -0.461 e. The third kappa shape index (κ3) is 6.51. The van der Waals surface area contributed by atoms with Crippen LogP contribution in [0.1, 0.15) is 46.2 Å². The maximum Gasteiger partial charge on any atom is 0.410 e. The number of amides is 1. The molecule has 8 nitrogen and oxygen atoms in total. The maximum absolute atomic E-state index is 12.7. The molecule has 9 heteroatoms. The first-order valence-corrected chi connectivity index (χ1v) is 15.6. The lowest BCUT2D eigenvalue weighted by Gasteiger charge is -2.35. The highest BCUT2D eigenvalue weighted by atomic mass is 28.3. The SMILES string of the molecule is C#Cc1nc(OC[C@]2(C)CCCN2C(=O)OC(C)(C)C)nc2c1ccn2COCC[Si](C)(C)C. The molecule has 0 N–H and O–H groups in total. The van der Waals surface area contributed by atoms with Crippen LogP contribution in [0, 0.1) is 12.3 Å². The van der Waals surface area contributed by atoms with Gasteiger partial charge in [0.1, 0.15) is 30.3 Å². The number of likely N-dealkylation sites (tertiary alicyclic amines) is 1. The van der Waals surface area contributed by atoms with Gasteiger partial charge in [-0.1, -0.05) is 19.6 Å². The van der Waals surface area contributed by atoms with Crippen LogP contribution in [0.2, 0.25) is 25.7 Å². The van der Waals surface area contributed by atoms with Gasteiger partial charge in [0.25, 0.3) is 0 Å². The van der Waals surface area contributed by atoms with Gasteiger partial charge in [0.2, 0.25) is 0 Å². The molecular formula is C25H38N4O4Si. The predicted octanol–water partition coefficient (Wildman–Crippen LogP) is 4.89. The van der Waals surface area contributed by atoms with Gasteiger partial charge < -0.3 is 18.8 Å². The largest absolute Gasteiger partial charge is 0.461 e. The van der Waals surface area contributed by atoms with Gasteiger partial charge in [0, 0.05) is 27.4 Å². The minimum atomic E-state index is -1.16. The zero-order valence-electron chi connectivity index (χ0n) is 21.6. The average molecular weight is 487 g/mol. The Labute approximate surface area is 204 Å². The van der Waals surface area contributed by atoms with Crippen molar-refractivity contribution in [2.24, 2.45) is 0 Å². The van der Waals surface area contributed by atoms with Crippen LogP contribution in [0.3, 0.4) is 0 Å². The van der Waals surface area contributed by atoms with Crippen LogP contribution in [-0.4, -0.2) is 64.5 Å². The molecule has 1 amide bonds. The number of rotatable bonds is 8. The van der Waals surface area contributed by atoms with Crippen molar-refractivity contribution in [3.63, 3.8) is 0 Å². The monoisotopic (exact) mass is 486 g/mol. The van der Waals surface area contributed by atoms with E-state index in [1.54, 1.807) is 4.90 Å². The third-order valence-corrected chi connectivity index (χ3v) is 7.54. The molecule has 1 fully saturated rings. The number of hydrogen-bond acceptors (Lipinski definition) is 6. The van der Waals surface area contributed by atoms with E-state index in [4.69, 9.17) is 20.6 Å². The van der Waals surface area contributed by atoms with Crippen LogP contribution >= 0.6 is 0 Å². The second-order valence-corrected chi connectivity index (χ2v) is 17.0. The van der Waals surface area contributed by atoms with E-state index in [0.717, 1.165) is 24.3 Å². The Balaban J connectivity index is 1.74. The summed E-state index contributed by atoms with van der Waals surface area (Å²) in [4.78, 5) is 23.5. The highest BCUT2D eigenvalue weighted by Gasteiger charge is 2.42. The Kier molecular flexibility index (Phi) is 7.63. The number of nitrogens with zero attached hydrogens (tertiary/aromatic N) is 4. The van der Waals surface area contributed by atoms with Crippen molar-refractivity contribution in [2.45, 2.75) is 84.1 Å². The fourth-order valence-corrected chi connectivity index (χ4v) is 4.64. The van der Waals surface area contributed by atoms with Crippen molar-refractivity contribution >= 4 is 25.2 Å². The number of hydrogen-bond donors (Lipinski definition) is 0. The van der Waals surface area contributed by atoms with Gasteiger partial charge in [-0.15, -0.1) is 6.42 Å². The first kappa shape index (κ1) is 26.0. The second-order valence-electron chi connectivity index (χ2n) is 11.4. The summed E-state index contributed by atoms with van der Waals surface area (Å²) < 4.78 is 19.4. The number of aromatic nitrogens is 3. The van der Waals surface area contributed by atoms with Crippen molar-refractivity contribution < 1.29 is 19.0 Å². The van der Waals surface area contributed by atoms with Crippen LogP contribution in [0.15, 0.2) is 12.3 Å². The molecule has 2 aromatic heterocycles. The Bertz CT molecular complexity index is 1060. The molecule has 0 saturated carbocycles.